The molecule has 2 nitrogen and oxygen atoms in total. The van der Waals surface area contributed by atoms with Gasteiger partial charge in [0, 0.05) is 18.7 Å². The van der Waals surface area contributed by atoms with Crippen LogP contribution in [-0.4, -0.2) is 22.7 Å². The molecule has 1 aliphatic carbocycles. The van der Waals surface area contributed by atoms with E-state index in [0.717, 1.165) is 13.0 Å². The summed E-state index contributed by atoms with van der Waals surface area (Å²) in [6.07, 6.45) is 4.77. The zero-order valence-corrected chi connectivity index (χ0v) is 13.3. The lowest BCUT2D eigenvalue weighted by molar-refractivity contribution is 0.0870. The Morgan fingerprint density at radius 3 is 2.52 bits per heavy atom. The predicted molar refractivity (Wildman–Crippen MR) is 93.8 cm³/mol. The van der Waals surface area contributed by atoms with Gasteiger partial charge in [-0.25, -0.2) is 0 Å². The molecule has 1 aliphatic heterocycles. The second-order valence-electron chi connectivity index (χ2n) is 6.41. The largest absolute Gasteiger partial charge is 0.390 e. The van der Waals surface area contributed by atoms with E-state index >= 15 is 0 Å². The van der Waals surface area contributed by atoms with Crippen molar-refractivity contribution < 1.29 is 5.11 Å². The maximum absolute atomic E-state index is 10.6. The lowest BCUT2D eigenvalue weighted by atomic mass is 9.98. The summed E-state index contributed by atoms with van der Waals surface area (Å²) in [6, 6.07) is 19.0. The Hall–Kier alpha value is -2.32. The summed E-state index contributed by atoms with van der Waals surface area (Å²) < 4.78 is 0. The highest BCUT2D eigenvalue weighted by Gasteiger charge is 2.36. The molecule has 2 atom stereocenters. The maximum Gasteiger partial charge on any atom is 0.0825 e. The summed E-state index contributed by atoms with van der Waals surface area (Å²) in [4.78, 5) is 2.35. The quantitative estimate of drug-likeness (QED) is 0.908. The van der Waals surface area contributed by atoms with Crippen molar-refractivity contribution in [2.75, 3.05) is 6.54 Å². The van der Waals surface area contributed by atoms with E-state index < -0.39 is 0 Å². The Balaban J connectivity index is 1.68. The molecule has 0 fully saturated rings. The molecule has 2 aromatic carbocycles. The van der Waals surface area contributed by atoms with Crippen molar-refractivity contribution >= 4 is 5.57 Å². The number of aliphatic hydroxyl groups is 1. The van der Waals surface area contributed by atoms with E-state index in [1.165, 1.54) is 28.0 Å². The summed E-state index contributed by atoms with van der Waals surface area (Å²) in [6.45, 7) is 2.97. The van der Waals surface area contributed by atoms with Gasteiger partial charge in [-0.1, -0.05) is 60.7 Å². The normalized spacial score (nSPS) is 23.3. The molecule has 0 radical (unpaired) electrons. The molecular formula is C21H21NO. The Labute approximate surface area is 137 Å². The van der Waals surface area contributed by atoms with Crippen molar-refractivity contribution in [3.8, 4) is 0 Å². The Morgan fingerprint density at radius 1 is 0.957 bits per heavy atom. The number of fused-ring (bicyclic) bond motifs is 1. The second-order valence-corrected chi connectivity index (χ2v) is 6.41. The first-order valence-electron chi connectivity index (χ1n) is 8.19. The fourth-order valence-electron chi connectivity index (χ4n) is 3.76. The van der Waals surface area contributed by atoms with Gasteiger partial charge >= 0.3 is 0 Å². The standard InChI is InChI=1S/C21H21NO/c1-15-11-12-18(16-7-3-2-4-8-16)14-22(15)21-19-10-6-5-9-17(19)13-20(21)23/h2-12,20-21,23H,13-14H2,1H3/t20-,21+/m0/s1. The topological polar surface area (TPSA) is 23.5 Å². The van der Waals surface area contributed by atoms with Crippen LogP contribution in [0.15, 0.2) is 72.4 Å². The molecule has 1 heterocycles. The highest BCUT2D eigenvalue weighted by atomic mass is 16.3. The van der Waals surface area contributed by atoms with E-state index in [4.69, 9.17) is 0 Å². The SMILES string of the molecule is CC1=CC=C(c2ccccc2)CN1[C@@H]1c2ccccc2C[C@@H]1O. The van der Waals surface area contributed by atoms with Crippen LogP contribution in [0.4, 0.5) is 0 Å². The smallest absolute Gasteiger partial charge is 0.0825 e. The highest BCUT2D eigenvalue weighted by Crippen LogP contribution is 2.40. The van der Waals surface area contributed by atoms with Crippen LogP contribution in [0.3, 0.4) is 0 Å². The van der Waals surface area contributed by atoms with E-state index in [0.29, 0.717) is 0 Å². The average molecular weight is 303 g/mol. The zero-order valence-electron chi connectivity index (χ0n) is 13.3. The monoisotopic (exact) mass is 303 g/mol. The number of allylic oxidation sites excluding steroid dienone is 3. The van der Waals surface area contributed by atoms with Crippen LogP contribution in [0.2, 0.25) is 0 Å². The summed E-state index contributed by atoms with van der Waals surface area (Å²) in [7, 11) is 0. The van der Waals surface area contributed by atoms with Gasteiger partial charge in [0.2, 0.25) is 0 Å². The van der Waals surface area contributed by atoms with Gasteiger partial charge < -0.3 is 10.0 Å². The third-order valence-electron chi connectivity index (χ3n) is 4.97. The van der Waals surface area contributed by atoms with Gasteiger partial charge in [0.15, 0.2) is 0 Å². The summed E-state index contributed by atoms with van der Waals surface area (Å²) in [5, 5.41) is 10.6. The Kier molecular flexibility index (Phi) is 3.55. The Morgan fingerprint density at radius 2 is 1.70 bits per heavy atom. The van der Waals surface area contributed by atoms with Gasteiger partial charge in [-0.3, -0.25) is 0 Å². The number of benzene rings is 2. The van der Waals surface area contributed by atoms with Gasteiger partial charge in [0.05, 0.1) is 12.1 Å². The van der Waals surface area contributed by atoms with Gasteiger partial charge in [0.1, 0.15) is 0 Å². The van der Waals surface area contributed by atoms with Crippen LogP contribution in [0.1, 0.15) is 29.7 Å². The molecular weight excluding hydrogens is 282 g/mol. The minimum atomic E-state index is -0.342. The number of aliphatic hydroxyl groups excluding tert-OH is 1. The first-order valence-corrected chi connectivity index (χ1v) is 8.19. The first kappa shape index (κ1) is 14.3. The van der Waals surface area contributed by atoms with Gasteiger partial charge in [-0.2, -0.15) is 0 Å². The highest BCUT2D eigenvalue weighted by molar-refractivity contribution is 5.70. The average Bonchev–Trinajstić information content (AvgIpc) is 2.92. The summed E-state index contributed by atoms with van der Waals surface area (Å²) in [5.41, 5.74) is 6.30. The van der Waals surface area contributed by atoms with Crippen molar-refractivity contribution in [3.63, 3.8) is 0 Å². The molecule has 116 valence electrons. The second kappa shape index (κ2) is 5.71. The molecule has 2 aromatic rings. The van der Waals surface area contributed by atoms with E-state index in [2.05, 4.69) is 72.5 Å². The molecule has 0 bridgehead atoms. The minimum Gasteiger partial charge on any atom is -0.390 e. The van der Waals surface area contributed by atoms with E-state index in [1.807, 2.05) is 6.07 Å². The number of rotatable bonds is 2. The molecule has 0 unspecified atom stereocenters. The van der Waals surface area contributed by atoms with Crippen LogP contribution in [-0.2, 0) is 6.42 Å². The molecule has 23 heavy (non-hydrogen) atoms. The molecule has 2 heteroatoms. The minimum absolute atomic E-state index is 0.0508. The van der Waals surface area contributed by atoms with Crippen LogP contribution < -0.4 is 0 Å². The van der Waals surface area contributed by atoms with Crippen molar-refractivity contribution in [2.45, 2.75) is 25.5 Å². The fraction of sp³-hybridized carbons (Fsp3) is 0.238. The summed E-state index contributed by atoms with van der Waals surface area (Å²) >= 11 is 0. The van der Waals surface area contributed by atoms with Crippen molar-refractivity contribution in [1.29, 1.82) is 0 Å². The molecule has 1 N–H and O–H groups in total. The molecule has 4 rings (SSSR count). The van der Waals surface area contributed by atoms with Crippen LogP contribution in [0.25, 0.3) is 5.57 Å². The lowest BCUT2D eigenvalue weighted by Crippen LogP contribution is -2.35. The van der Waals surface area contributed by atoms with Crippen LogP contribution >= 0.6 is 0 Å². The van der Waals surface area contributed by atoms with Crippen LogP contribution in [0, 0.1) is 0 Å². The van der Waals surface area contributed by atoms with Gasteiger partial charge in [0.25, 0.3) is 0 Å². The molecule has 0 spiro atoms. The molecule has 0 amide bonds. The lowest BCUT2D eigenvalue weighted by Gasteiger charge is -2.37. The maximum atomic E-state index is 10.6. The number of hydrogen-bond donors (Lipinski definition) is 1. The first-order chi connectivity index (χ1) is 11.2. The van der Waals surface area contributed by atoms with E-state index in [9.17, 15) is 5.11 Å². The Bertz CT molecular complexity index is 775. The fourth-order valence-corrected chi connectivity index (χ4v) is 3.76. The van der Waals surface area contributed by atoms with E-state index in [-0.39, 0.29) is 12.1 Å². The predicted octanol–water partition coefficient (Wildman–Crippen LogP) is 3.95. The summed E-state index contributed by atoms with van der Waals surface area (Å²) in [5.74, 6) is 0. The molecule has 2 aliphatic rings. The number of nitrogens with zero attached hydrogens (tertiary/aromatic N) is 1. The van der Waals surface area contributed by atoms with Crippen molar-refractivity contribution in [1.82, 2.24) is 4.90 Å². The molecule has 0 saturated carbocycles. The van der Waals surface area contributed by atoms with Crippen molar-refractivity contribution in [2.24, 2.45) is 0 Å². The van der Waals surface area contributed by atoms with Gasteiger partial charge in [-0.15, -0.1) is 0 Å². The van der Waals surface area contributed by atoms with Crippen LogP contribution in [0.5, 0.6) is 0 Å². The third kappa shape index (κ3) is 2.49. The third-order valence-corrected chi connectivity index (χ3v) is 4.97. The van der Waals surface area contributed by atoms with E-state index in [1.54, 1.807) is 0 Å². The zero-order chi connectivity index (χ0) is 15.8. The van der Waals surface area contributed by atoms with Crippen molar-refractivity contribution in [3.05, 3.63) is 89.1 Å². The number of hydrogen-bond acceptors (Lipinski definition) is 2. The molecule has 0 aromatic heterocycles. The molecule has 0 saturated heterocycles. The van der Waals surface area contributed by atoms with Gasteiger partial charge in [-0.05, 0) is 35.3 Å².